The lowest BCUT2D eigenvalue weighted by molar-refractivity contribution is 0.187. The van der Waals surface area contributed by atoms with Crippen LogP contribution in [-0.4, -0.2) is 30.3 Å². The number of rotatable bonds is 7. The van der Waals surface area contributed by atoms with E-state index in [1.54, 1.807) is 12.3 Å². The average Bonchev–Trinajstić information content (AvgIpc) is 2.59. The molecule has 6 heteroatoms. The van der Waals surface area contributed by atoms with Gasteiger partial charge in [-0.05, 0) is 67.1 Å². The molecule has 1 unspecified atom stereocenters. The zero-order valence-corrected chi connectivity index (χ0v) is 16.7. The molecule has 1 atom stereocenters. The summed E-state index contributed by atoms with van der Waals surface area (Å²) in [7, 11) is 1.31. The molecule has 1 aromatic carbocycles. The fourth-order valence-electron chi connectivity index (χ4n) is 3.06. The fourth-order valence-corrected chi connectivity index (χ4v) is 3.06. The molecule has 0 bridgehead atoms. The summed E-state index contributed by atoms with van der Waals surface area (Å²) in [5, 5.41) is 2.57. The number of aromatic nitrogens is 1. The molecular formula is C21H29N3O3. The van der Waals surface area contributed by atoms with Crippen LogP contribution in [0.5, 0.6) is 5.75 Å². The van der Waals surface area contributed by atoms with Gasteiger partial charge in [0, 0.05) is 11.7 Å². The Morgan fingerprint density at radius 1 is 1.26 bits per heavy atom. The molecule has 27 heavy (non-hydrogen) atoms. The van der Waals surface area contributed by atoms with Crippen LogP contribution in [-0.2, 0) is 4.74 Å². The van der Waals surface area contributed by atoms with Crippen LogP contribution in [0.3, 0.4) is 0 Å². The van der Waals surface area contributed by atoms with Gasteiger partial charge in [-0.2, -0.15) is 0 Å². The van der Waals surface area contributed by atoms with Gasteiger partial charge < -0.3 is 15.2 Å². The molecule has 0 fully saturated rings. The molecule has 0 aliphatic carbocycles. The van der Waals surface area contributed by atoms with E-state index < -0.39 is 6.09 Å². The molecule has 1 amide bonds. The molecule has 146 valence electrons. The summed E-state index contributed by atoms with van der Waals surface area (Å²) < 4.78 is 10.6. The van der Waals surface area contributed by atoms with E-state index in [4.69, 9.17) is 10.5 Å². The number of methoxy groups -OCH3 is 1. The van der Waals surface area contributed by atoms with Gasteiger partial charge >= 0.3 is 6.09 Å². The van der Waals surface area contributed by atoms with Crippen molar-refractivity contribution >= 4 is 11.9 Å². The molecule has 1 heterocycles. The van der Waals surface area contributed by atoms with Gasteiger partial charge in [-0.25, -0.2) is 9.78 Å². The first-order valence-electron chi connectivity index (χ1n) is 9.04. The Kier molecular flexibility index (Phi) is 6.80. The SMILES string of the molecule is COC(=O)Nc1cc(-c2ccc(OCC(C)(N)CC(C)C)c(C)c2)ccn1. The van der Waals surface area contributed by atoms with E-state index in [2.05, 4.69) is 28.9 Å². The summed E-state index contributed by atoms with van der Waals surface area (Å²) in [5.74, 6) is 1.78. The third-order valence-electron chi connectivity index (χ3n) is 4.12. The number of hydrogen-bond donors (Lipinski definition) is 2. The van der Waals surface area contributed by atoms with E-state index in [0.29, 0.717) is 18.3 Å². The van der Waals surface area contributed by atoms with Crippen molar-refractivity contribution in [1.29, 1.82) is 0 Å². The van der Waals surface area contributed by atoms with Crippen molar-refractivity contribution in [2.45, 2.75) is 39.7 Å². The highest BCUT2D eigenvalue weighted by Crippen LogP contribution is 2.28. The molecular weight excluding hydrogens is 342 g/mol. The second-order valence-electron chi connectivity index (χ2n) is 7.57. The maximum absolute atomic E-state index is 11.3. The molecule has 3 N–H and O–H groups in total. The Balaban J connectivity index is 2.12. The molecule has 2 aromatic rings. The summed E-state index contributed by atoms with van der Waals surface area (Å²) >= 11 is 0. The van der Waals surface area contributed by atoms with E-state index in [-0.39, 0.29) is 5.54 Å². The molecule has 0 radical (unpaired) electrons. The van der Waals surface area contributed by atoms with Crippen molar-refractivity contribution < 1.29 is 14.3 Å². The first-order chi connectivity index (χ1) is 12.7. The number of amides is 1. The summed E-state index contributed by atoms with van der Waals surface area (Å²) in [6, 6.07) is 9.66. The Labute approximate surface area is 161 Å². The smallest absolute Gasteiger partial charge is 0.412 e. The summed E-state index contributed by atoms with van der Waals surface area (Å²) in [5.41, 5.74) is 8.93. The monoisotopic (exact) mass is 371 g/mol. The van der Waals surface area contributed by atoms with Crippen molar-refractivity contribution in [3.05, 3.63) is 42.1 Å². The van der Waals surface area contributed by atoms with Crippen LogP contribution in [0, 0.1) is 12.8 Å². The lowest BCUT2D eigenvalue weighted by atomic mass is 9.93. The standard InChI is InChI=1S/C21H29N3O3/c1-14(2)12-21(4,22)13-27-18-7-6-16(10-15(18)3)17-8-9-23-19(11-17)24-20(25)26-5/h6-11,14H,12-13,22H2,1-5H3,(H,23,24,25). The number of carbonyl (C=O) groups is 1. The Hall–Kier alpha value is -2.60. The number of ether oxygens (including phenoxy) is 2. The van der Waals surface area contributed by atoms with Crippen LogP contribution in [0.4, 0.5) is 10.6 Å². The Morgan fingerprint density at radius 2 is 1.96 bits per heavy atom. The summed E-state index contributed by atoms with van der Waals surface area (Å²) in [6.07, 6.45) is 1.99. The average molecular weight is 371 g/mol. The van der Waals surface area contributed by atoms with Crippen molar-refractivity contribution in [2.24, 2.45) is 11.7 Å². The Morgan fingerprint density at radius 3 is 2.59 bits per heavy atom. The topological polar surface area (TPSA) is 86.5 Å². The number of nitrogens with zero attached hydrogens (tertiary/aromatic N) is 1. The second-order valence-corrected chi connectivity index (χ2v) is 7.57. The summed E-state index contributed by atoms with van der Waals surface area (Å²) in [6.45, 7) is 8.80. The van der Waals surface area contributed by atoms with Gasteiger partial charge in [-0.1, -0.05) is 19.9 Å². The van der Waals surface area contributed by atoms with E-state index in [9.17, 15) is 4.79 Å². The second kappa shape index (κ2) is 8.86. The highest BCUT2D eigenvalue weighted by molar-refractivity contribution is 5.84. The zero-order valence-electron chi connectivity index (χ0n) is 16.7. The molecule has 0 aliphatic rings. The van der Waals surface area contributed by atoms with Gasteiger partial charge in [-0.15, -0.1) is 0 Å². The number of pyridine rings is 1. The number of anilines is 1. The minimum absolute atomic E-state index is 0.362. The fraction of sp³-hybridized carbons (Fsp3) is 0.429. The quantitative estimate of drug-likeness (QED) is 0.754. The van der Waals surface area contributed by atoms with Crippen LogP contribution in [0.1, 0.15) is 32.8 Å². The van der Waals surface area contributed by atoms with Crippen molar-refractivity contribution in [1.82, 2.24) is 4.98 Å². The maximum atomic E-state index is 11.3. The summed E-state index contributed by atoms with van der Waals surface area (Å²) in [4.78, 5) is 15.5. The van der Waals surface area contributed by atoms with Crippen LogP contribution >= 0.6 is 0 Å². The first-order valence-corrected chi connectivity index (χ1v) is 9.04. The van der Waals surface area contributed by atoms with Gasteiger partial charge in [-0.3, -0.25) is 5.32 Å². The van der Waals surface area contributed by atoms with Crippen molar-refractivity contribution in [3.8, 4) is 16.9 Å². The minimum atomic E-state index is -0.550. The predicted octanol–water partition coefficient (Wildman–Crippen LogP) is 4.38. The number of nitrogens with one attached hydrogen (secondary N) is 1. The minimum Gasteiger partial charge on any atom is -0.491 e. The van der Waals surface area contributed by atoms with Crippen LogP contribution in [0.15, 0.2) is 36.5 Å². The van der Waals surface area contributed by atoms with Crippen molar-refractivity contribution in [3.63, 3.8) is 0 Å². The third-order valence-corrected chi connectivity index (χ3v) is 4.12. The highest BCUT2D eigenvalue weighted by atomic mass is 16.5. The number of benzene rings is 1. The number of nitrogens with two attached hydrogens (primary N) is 1. The largest absolute Gasteiger partial charge is 0.491 e. The van der Waals surface area contributed by atoms with E-state index in [1.807, 2.05) is 38.1 Å². The van der Waals surface area contributed by atoms with E-state index >= 15 is 0 Å². The normalized spacial score (nSPS) is 13.1. The van der Waals surface area contributed by atoms with Gasteiger partial charge in [0.2, 0.25) is 0 Å². The maximum Gasteiger partial charge on any atom is 0.412 e. The van der Waals surface area contributed by atoms with Crippen LogP contribution in [0.2, 0.25) is 0 Å². The third kappa shape index (κ3) is 6.25. The molecule has 0 spiro atoms. The lowest BCUT2D eigenvalue weighted by Gasteiger charge is -2.27. The van der Waals surface area contributed by atoms with Crippen molar-refractivity contribution in [2.75, 3.05) is 19.0 Å². The number of carbonyl (C=O) groups excluding carboxylic acids is 1. The molecule has 0 aliphatic heterocycles. The Bertz CT molecular complexity index is 788. The highest BCUT2D eigenvalue weighted by Gasteiger charge is 2.21. The first kappa shape index (κ1) is 20.7. The van der Waals surface area contributed by atoms with Crippen LogP contribution < -0.4 is 15.8 Å². The molecule has 0 saturated heterocycles. The predicted molar refractivity (Wildman–Crippen MR) is 108 cm³/mol. The van der Waals surface area contributed by atoms with Gasteiger partial charge in [0.15, 0.2) is 0 Å². The molecule has 0 saturated carbocycles. The molecule has 1 aromatic heterocycles. The number of hydrogen-bond acceptors (Lipinski definition) is 5. The number of aryl methyl sites for hydroxylation is 1. The van der Waals surface area contributed by atoms with E-state index in [0.717, 1.165) is 28.9 Å². The molecule has 6 nitrogen and oxygen atoms in total. The zero-order chi connectivity index (χ0) is 20.0. The van der Waals surface area contributed by atoms with Gasteiger partial charge in [0.05, 0.1) is 7.11 Å². The van der Waals surface area contributed by atoms with Gasteiger partial charge in [0.25, 0.3) is 0 Å². The van der Waals surface area contributed by atoms with Gasteiger partial charge in [0.1, 0.15) is 18.2 Å². The molecule has 2 rings (SSSR count). The van der Waals surface area contributed by atoms with Crippen LogP contribution in [0.25, 0.3) is 11.1 Å². The van der Waals surface area contributed by atoms with E-state index in [1.165, 1.54) is 7.11 Å². The lowest BCUT2D eigenvalue weighted by Crippen LogP contribution is -2.43.